The molecule has 2 aromatic rings. The Labute approximate surface area is 150 Å². The standard InChI is InChI=1S/C18H24N4O4/c1-18(7-3-2-4-8-18)22-15(23)11-20-16(24)19-10-12-5-6-14-13(9-12)21-17(25)26-14/h5-6,9H,2-4,7-8,10-11H2,1H3,(H,21,25)(H,22,23)(H2,19,20,24). The van der Waals surface area contributed by atoms with E-state index in [0.29, 0.717) is 11.1 Å². The monoisotopic (exact) mass is 360 g/mol. The van der Waals surface area contributed by atoms with Crippen LogP contribution in [0.1, 0.15) is 44.6 Å². The molecule has 1 aliphatic carbocycles. The first-order valence-electron chi connectivity index (χ1n) is 8.88. The Morgan fingerprint density at radius 1 is 1.19 bits per heavy atom. The van der Waals surface area contributed by atoms with Crippen LogP contribution in [0.15, 0.2) is 27.4 Å². The molecule has 0 radical (unpaired) electrons. The molecule has 8 heteroatoms. The van der Waals surface area contributed by atoms with Gasteiger partial charge in [0.1, 0.15) is 0 Å². The quantitative estimate of drug-likeness (QED) is 0.650. The molecule has 140 valence electrons. The van der Waals surface area contributed by atoms with Crippen LogP contribution >= 0.6 is 0 Å². The highest BCUT2D eigenvalue weighted by Crippen LogP contribution is 2.27. The minimum atomic E-state index is -0.513. The number of aromatic amines is 1. The maximum Gasteiger partial charge on any atom is 0.417 e. The van der Waals surface area contributed by atoms with Gasteiger partial charge in [0, 0.05) is 12.1 Å². The first kappa shape index (κ1) is 18.0. The molecule has 8 nitrogen and oxygen atoms in total. The molecule has 1 heterocycles. The fraction of sp³-hybridized carbons (Fsp3) is 0.500. The Morgan fingerprint density at radius 3 is 2.73 bits per heavy atom. The van der Waals surface area contributed by atoms with E-state index in [1.807, 2.05) is 0 Å². The Morgan fingerprint density at radius 2 is 1.96 bits per heavy atom. The van der Waals surface area contributed by atoms with Gasteiger partial charge in [0.05, 0.1) is 12.1 Å². The Balaban J connectivity index is 1.43. The molecular formula is C18H24N4O4. The number of nitrogens with one attached hydrogen (secondary N) is 4. The van der Waals surface area contributed by atoms with Crippen LogP contribution in [0.4, 0.5) is 4.79 Å². The highest BCUT2D eigenvalue weighted by molar-refractivity contribution is 5.84. The molecule has 3 rings (SSSR count). The molecule has 26 heavy (non-hydrogen) atoms. The van der Waals surface area contributed by atoms with Gasteiger partial charge in [-0.3, -0.25) is 9.78 Å². The van der Waals surface area contributed by atoms with Crippen molar-refractivity contribution in [2.24, 2.45) is 0 Å². The summed E-state index contributed by atoms with van der Waals surface area (Å²) in [5, 5.41) is 8.27. The normalized spacial score (nSPS) is 16.2. The smallest absolute Gasteiger partial charge is 0.408 e. The number of urea groups is 1. The molecule has 1 fully saturated rings. The summed E-state index contributed by atoms with van der Waals surface area (Å²) in [7, 11) is 0. The number of carbonyl (C=O) groups excluding carboxylic acids is 2. The number of fused-ring (bicyclic) bond motifs is 1. The summed E-state index contributed by atoms with van der Waals surface area (Å²) in [5.74, 6) is -0.692. The number of aromatic nitrogens is 1. The van der Waals surface area contributed by atoms with E-state index in [9.17, 15) is 14.4 Å². The summed E-state index contributed by atoms with van der Waals surface area (Å²) in [6.07, 6.45) is 5.41. The summed E-state index contributed by atoms with van der Waals surface area (Å²) in [6, 6.07) is 4.74. The third-order valence-electron chi connectivity index (χ3n) is 4.74. The van der Waals surface area contributed by atoms with Gasteiger partial charge < -0.3 is 20.4 Å². The number of H-pyrrole nitrogens is 1. The first-order valence-corrected chi connectivity index (χ1v) is 8.88. The van der Waals surface area contributed by atoms with E-state index in [1.165, 1.54) is 6.42 Å². The van der Waals surface area contributed by atoms with E-state index in [1.54, 1.807) is 18.2 Å². The highest BCUT2D eigenvalue weighted by Gasteiger charge is 2.28. The molecule has 0 saturated heterocycles. The second kappa shape index (κ2) is 7.63. The van der Waals surface area contributed by atoms with Gasteiger partial charge in [0.15, 0.2) is 5.58 Å². The van der Waals surface area contributed by atoms with Gasteiger partial charge in [-0.2, -0.15) is 0 Å². The van der Waals surface area contributed by atoms with E-state index < -0.39 is 11.8 Å². The number of hydrogen-bond acceptors (Lipinski definition) is 4. The van der Waals surface area contributed by atoms with Crippen molar-refractivity contribution in [3.63, 3.8) is 0 Å². The van der Waals surface area contributed by atoms with Crippen LogP contribution in [0, 0.1) is 0 Å². The van der Waals surface area contributed by atoms with Crippen molar-refractivity contribution in [1.82, 2.24) is 20.9 Å². The Bertz CT molecular complexity index is 848. The van der Waals surface area contributed by atoms with Crippen LogP contribution in [-0.4, -0.2) is 29.0 Å². The van der Waals surface area contributed by atoms with Crippen molar-refractivity contribution in [2.45, 2.75) is 51.1 Å². The van der Waals surface area contributed by atoms with Crippen LogP contribution in [0.5, 0.6) is 0 Å². The minimum Gasteiger partial charge on any atom is -0.408 e. The molecule has 3 amide bonds. The molecule has 0 spiro atoms. The zero-order chi connectivity index (χ0) is 18.6. The van der Waals surface area contributed by atoms with Crippen LogP contribution in [0.25, 0.3) is 11.1 Å². The van der Waals surface area contributed by atoms with Gasteiger partial charge in [-0.15, -0.1) is 0 Å². The van der Waals surface area contributed by atoms with Gasteiger partial charge in [-0.1, -0.05) is 25.3 Å². The SMILES string of the molecule is CC1(NC(=O)CNC(=O)NCc2ccc3oc(=O)[nH]c3c2)CCCCC1. The van der Waals surface area contributed by atoms with Crippen molar-refractivity contribution in [2.75, 3.05) is 6.54 Å². The number of hydrogen-bond donors (Lipinski definition) is 4. The number of benzene rings is 1. The van der Waals surface area contributed by atoms with Crippen molar-refractivity contribution in [1.29, 1.82) is 0 Å². The molecule has 0 atom stereocenters. The second-order valence-electron chi connectivity index (χ2n) is 7.05. The molecule has 1 aromatic heterocycles. The van der Waals surface area contributed by atoms with Gasteiger partial charge in [-0.05, 0) is 37.5 Å². The number of amides is 3. The summed E-state index contributed by atoms with van der Waals surface area (Å²) < 4.78 is 4.93. The predicted molar refractivity (Wildman–Crippen MR) is 96.7 cm³/mol. The Kier molecular flexibility index (Phi) is 5.29. The van der Waals surface area contributed by atoms with E-state index in [2.05, 4.69) is 27.9 Å². The lowest BCUT2D eigenvalue weighted by Gasteiger charge is -2.34. The molecule has 4 N–H and O–H groups in total. The molecule has 0 bridgehead atoms. The number of oxazole rings is 1. The Hall–Kier alpha value is -2.77. The predicted octanol–water partition coefficient (Wildman–Crippen LogP) is 1.76. The maximum absolute atomic E-state index is 12.0. The molecule has 1 saturated carbocycles. The van der Waals surface area contributed by atoms with E-state index >= 15 is 0 Å². The topological polar surface area (TPSA) is 116 Å². The zero-order valence-electron chi connectivity index (χ0n) is 14.8. The van der Waals surface area contributed by atoms with Crippen LogP contribution < -0.4 is 21.7 Å². The summed E-state index contributed by atoms with van der Waals surface area (Å²) in [5.41, 5.74) is 1.69. The lowest BCUT2D eigenvalue weighted by atomic mass is 9.83. The van der Waals surface area contributed by atoms with Crippen molar-refractivity contribution in [3.8, 4) is 0 Å². The lowest BCUT2D eigenvalue weighted by Crippen LogP contribution is -2.51. The van der Waals surface area contributed by atoms with Gasteiger partial charge in [-0.25, -0.2) is 9.59 Å². The van der Waals surface area contributed by atoms with Crippen molar-refractivity contribution in [3.05, 3.63) is 34.3 Å². The van der Waals surface area contributed by atoms with Crippen LogP contribution in [0.2, 0.25) is 0 Å². The van der Waals surface area contributed by atoms with Gasteiger partial charge in [0.2, 0.25) is 5.91 Å². The fourth-order valence-electron chi connectivity index (χ4n) is 3.35. The zero-order valence-corrected chi connectivity index (χ0v) is 14.8. The molecule has 1 aliphatic rings. The third kappa shape index (κ3) is 4.65. The van der Waals surface area contributed by atoms with Gasteiger partial charge >= 0.3 is 11.8 Å². The van der Waals surface area contributed by atoms with Gasteiger partial charge in [0.25, 0.3) is 0 Å². The molecular weight excluding hydrogens is 336 g/mol. The minimum absolute atomic E-state index is 0.0600. The third-order valence-corrected chi connectivity index (χ3v) is 4.74. The van der Waals surface area contributed by atoms with E-state index in [-0.39, 0.29) is 24.5 Å². The average Bonchev–Trinajstić information content (AvgIpc) is 2.97. The molecule has 1 aromatic carbocycles. The van der Waals surface area contributed by atoms with Crippen molar-refractivity contribution < 1.29 is 14.0 Å². The van der Waals surface area contributed by atoms with E-state index in [4.69, 9.17) is 4.42 Å². The molecule has 0 unspecified atom stereocenters. The largest absolute Gasteiger partial charge is 0.417 e. The summed E-state index contributed by atoms with van der Waals surface area (Å²) >= 11 is 0. The maximum atomic E-state index is 12.0. The number of carbonyl (C=O) groups is 2. The second-order valence-corrected chi connectivity index (χ2v) is 7.05. The van der Waals surface area contributed by atoms with Crippen LogP contribution in [0.3, 0.4) is 0 Å². The average molecular weight is 360 g/mol. The first-order chi connectivity index (χ1) is 12.4. The highest BCUT2D eigenvalue weighted by atomic mass is 16.4. The summed E-state index contributed by atoms with van der Waals surface area (Å²) in [4.78, 5) is 37.6. The lowest BCUT2D eigenvalue weighted by molar-refractivity contribution is -0.122. The fourth-order valence-corrected chi connectivity index (χ4v) is 3.35. The number of rotatable bonds is 5. The van der Waals surface area contributed by atoms with E-state index in [0.717, 1.165) is 31.2 Å². The van der Waals surface area contributed by atoms with Crippen LogP contribution in [-0.2, 0) is 11.3 Å². The summed E-state index contributed by atoms with van der Waals surface area (Å²) in [6.45, 7) is 2.27. The molecule has 0 aliphatic heterocycles. The van der Waals surface area contributed by atoms with Crippen molar-refractivity contribution >= 4 is 23.0 Å².